The molecular formula is C14H20N2O5. The number of hydrazine groups is 1. The Morgan fingerprint density at radius 3 is 2.29 bits per heavy atom. The molecule has 0 saturated heterocycles. The zero-order chi connectivity index (χ0) is 16.0. The van der Waals surface area contributed by atoms with E-state index in [4.69, 9.17) is 14.6 Å². The van der Waals surface area contributed by atoms with Crippen LogP contribution in [0.2, 0.25) is 0 Å². The van der Waals surface area contributed by atoms with Gasteiger partial charge in [0.1, 0.15) is 17.1 Å². The van der Waals surface area contributed by atoms with Gasteiger partial charge in [0.2, 0.25) is 0 Å². The zero-order valence-electron chi connectivity index (χ0n) is 12.5. The van der Waals surface area contributed by atoms with Gasteiger partial charge < -0.3 is 14.6 Å². The van der Waals surface area contributed by atoms with Crippen molar-refractivity contribution in [2.24, 2.45) is 0 Å². The van der Waals surface area contributed by atoms with Crippen LogP contribution in [0.3, 0.4) is 0 Å². The van der Waals surface area contributed by atoms with Crippen LogP contribution in [0.4, 0.5) is 9.59 Å². The molecule has 0 radical (unpaired) electrons. The molecule has 116 valence electrons. The Morgan fingerprint density at radius 1 is 1.24 bits per heavy atom. The molecule has 0 aromatic heterocycles. The molecule has 0 aliphatic heterocycles. The Morgan fingerprint density at radius 2 is 1.81 bits per heavy atom. The number of benzene rings is 1. The first kappa shape index (κ1) is 16.6. The van der Waals surface area contributed by atoms with Gasteiger partial charge in [0.25, 0.3) is 0 Å². The van der Waals surface area contributed by atoms with Crippen molar-refractivity contribution in [3.63, 3.8) is 0 Å². The van der Waals surface area contributed by atoms with Crippen molar-refractivity contribution < 1.29 is 24.2 Å². The van der Waals surface area contributed by atoms with Gasteiger partial charge in [-0.1, -0.05) is 0 Å². The third-order valence-corrected chi connectivity index (χ3v) is 2.20. The van der Waals surface area contributed by atoms with E-state index >= 15 is 0 Å². The Kier molecular flexibility index (Phi) is 5.40. The van der Waals surface area contributed by atoms with Crippen molar-refractivity contribution in [2.75, 3.05) is 6.54 Å². The van der Waals surface area contributed by atoms with Crippen LogP contribution < -0.4 is 10.2 Å². The largest absolute Gasteiger partial charge is 0.508 e. The minimum atomic E-state index is -0.826. The number of nitrogens with zero attached hydrogens (tertiary/aromatic N) is 1. The van der Waals surface area contributed by atoms with Crippen LogP contribution in [-0.2, 0) is 4.74 Å². The molecule has 2 N–H and O–H groups in total. The van der Waals surface area contributed by atoms with Crippen LogP contribution in [0.5, 0.6) is 11.5 Å². The average molecular weight is 296 g/mol. The average Bonchev–Trinajstić information content (AvgIpc) is 2.36. The van der Waals surface area contributed by atoms with E-state index in [9.17, 15) is 9.59 Å². The topological polar surface area (TPSA) is 88.1 Å². The first-order valence-electron chi connectivity index (χ1n) is 6.49. The Balaban J connectivity index is 2.58. The van der Waals surface area contributed by atoms with Gasteiger partial charge in [-0.3, -0.25) is 0 Å². The summed E-state index contributed by atoms with van der Waals surface area (Å²) in [5.74, 6) is 0.303. The smallest absolute Gasteiger partial charge is 0.431 e. The van der Waals surface area contributed by atoms with Gasteiger partial charge in [0, 0.05) is 6.54 Å². The quantitative estimate of drug-likeness (QED) is 0.819. The molecule has 7 heteroatoms. The lowest BCUT2D eigenvalue weighted by atomic mass is 10.2. The number of amides is 2. The van der Waals surface area contributed by atoms with Gasteiger partial charge in [-0.15, -0.1) is 0 Å². The summed E-state index contributed by atoms with van der Waals surface area (Å²) in [6.45, 7) is 7.10. The highest BCUT2D eigenvalue weighted by molar-refractivity contribution is 5.75. The third-order valence-electron chi connectivity index (χ3n) is 2.20. The standard InChI is InChI=1S/C14H20N2O5/c1-5-16(13(19)21-14(2,3)4)15-12(18)20-11-8-6-10(17)7-9-11/h6-9,17H,5H2,1-4H3,(H,15,18). The summed E-state index contributed by atoms with van der Waals surface area (Å²) < 4.78 is 10.1. The third kappa shape index (κ3) is 6.03. The van der Waals surface area contributed by atoms with Crippen LogP contribution in [0, 0.1) is 0 Å². The number of hydrogen-bond acceptors (Lipinski definition) is 5. The monoisotopic (exact) mass is 296 g/mol. The molecule has 0 bridgehead atoms. The lowest BCUT2D eigenvalue weighted by Crippen LogP contribution is -2.49. The molecule has 0 aliphatic rings. The second-order valence-corrected chi connectivity index (χ2v) is 5.22. The Labute approximate surface area is 123 Å². The summed E-state index contributed by atoms with van der Waals surface area (Å²) in [6.07, 6.45) is -1.50. The molecule has 2 amide bonds. The first-order chi connectivity index (χ1) is 9.71. The number of phenols is 1. The zero-order valence-corrected chi connectivity index (χ0v) is 12.5. The summed E-state index contributed by atoms with van der Waals surface area (Å²) in [6, 6.07) is 5.62. The van der Waals surface area contributed by atoms with Gasteiger partial charge in [-0.05, 0) is 52.0 Å². The highest BCUT2D eigenvalue weighted by atomic mass is 16.6. The fourth-order valence-electron chi connectivity index (χ4n) is 1.33. The van der Waals surface area contributed by atoms with Crippen LogP contribution in [-0.4, -0.2) is 34.4 Å². The van der Waals surface area contributed by atoms with Gasteiger partial charge in [-0.2, -0.15) is 0 Å². The Bertz CT molecular complexity index is 493. The SMILES string of the molecule is CCN(NC(=O)Oc1ccc(O)cc1)C(=O)OC(C)(C)C. The van der Waals surface area contributed by atoms with E-state index < -0.39 is 17.8 Å². The maximum atomic E-state index is 11.8. The fourth-order valence-corrected chi connectivity index (χ4v) is 1.33. The number of carbonyl (C=O) groups excluding carboxylic acids is 2. The van der Waals surface area contributed by atoms with Gasteiger partial charge in [0.15, 0.2) is 0 Å². The summed E-state index contributed by atoms with van der Waals surface area (Å²) in [7, 11) is 0. The highest BCUT2D eigenvalue weighted by Gasteiger charge is 2.23. The van der Waals surface area contributed by atoms with Crippen LogP contribution in [0.25, 0.3) is 0 Å². The minimum absolute atomic E-state index is 0.0618. The molecule has 0 fully saturated rings. The summed E-state index contributed by atoms with van der Waals surface area (Å²) >= 11 is 0. The molecule has 0 heterocycles. The molecular weight excluding hydrogens is 276 g/mol. The molecule has 21 heavy (non-hydrogen) atoms. The molecule has 7 nitrogen and oxygen atoms in total. The molecule has 0 saturated carbocycles. The Hall–Kier alpha value is -2.44. The maximum Gasteiger partial charge on any atom is 0.431 e. The molecule has 0 unspecified atom stereocenters. The van der Waals surface area contributed by atoms with Crippen LogP contribution in [0.1, 0.15) is 27.7 Å². The molecule has 0 spiro atoms. The molecule has 1 aromatic carbocycles. The van der Waals surface area contributed by atoms with E-state index in [2.05, 4.69) is 5.43 Å². The minimum Gasteiger partial charge on any atom is -0.508 e. The fraction of sp³-hybridized carbons (Fsp3) is 0.429. The van der Waals surface area contributed by atoms with Gasteiger partial charge >= 0.3 is 12.2 Å². The molecule has 0 aliphatic carbocycles. The predicted octanol–water partition coefficient (Wildman–Crippen LogP) is 2.65. The number of rotatable bonds is 2. The lowest BCUT2D eigenvalue weighted by molar-refractivity contribution is 0.0161. The van der Waals surface area contributed by atoms with E-state index in [0.717, 1.165) is 5.01 Å². The number of phenolic OH excluding ortho intramolecular Hbond substituents is 1. The lowest BCUT2D eigenvalue weighted by Gasteiger charge is -2.26. The van der Waals surface area contributed by atoms with Crippen molar-refractivity contribution >= 4 is 12.2 Å². The van der Waals surface area contributed by atoms with Gasteiger partial charge in [-0.25, -0.2) is 20.0 Å². The number of nitrogens with one attached hydrogen (secondary N) is 1. The van der Waals surface area contributed by atoms with E-state index in [1.807, 2.05) is 0 Å². The summed E-state index contributed by atoms with van der Waals surface area (Å²) in [5, 5.41) is 10.1. The summed E-state index contributed by atoms with van der Waals surface area (Å²) in [5.41, 5.74) is 1.63. The van der Waals surface area contributed by atoms with Crippen LogP contribution in [0.15, 0.2) is 24.3 Å². The number of ether oxygens (including phenoxy) is 2. The van der Waals surface area contributed by atoms with E-state index in [0.29, 0.717) is 0 Å². The predicted molar refractivity (Wildman–Crippen MR) is 75.9 cm³/mol. The first-order valence-corrected chi connectivity index (χ1v) is 6.49. The molecule has 1 rings (SSSR count). The second-order valence-electron chi connectivity index (χ2n) is 5.22. The number of hydrogen-bond donors (Lipinski definition) is 2. The van der Waals surface area contributed by atoms with Crippen molar-refractivity contribution in [2.45, 2.75) is 33.3 Å². The van der Waals surface area contributed by atoms with Crippen molar-refractivity contribution in [3.8, 4) is 11.5 Å². The van der Waals surface area contributed by atoms with Crippen molar-refractivity contribution in [1.29, 1.82) is 0 Å². The van der Waals surface area contributed by atoms with E-state index in [1.54, 1.807) is 27.7 Å². The van der Waals surface area contributed by atoms with Crippen molar-refractivity contribution in [1.82, 2.24) is 10.4 Å². The normalized spacial score (nSPS) is 10.7. The highest BCUT2D eigenvalue weighted by Crippen LogP contribution is 2.16. The molecule has 1 aromatic rings. The second kappa shape index (κ2) is 6.83. The van der Waals surface area contributed by atoms with Crippen molar-refractivity contribution in [3.05, 3.63) is 24.3 Å². The van der Waals surface area contributed by atoms with E-state index in [1.165, 1.54) is 24.3 Å². The van der Waals surface area contributed by atoms with Gasteiger partial charge in [0.05, 0.1) is 0 Å². The number of aromatic hydroxyl groups is 1. The number of carbonyl (C=O) groups is 2. The van der Waals surface area contributed by atoms with E-state index in [-0.39, 0.29) is 18.0 Å². The molecule has 0 atom stereocenters. The summed E-state index contributed by atoms with van der Waals surface area (Å²) in [4.78, 5) is 23.5. The maximum absolute atomic E-state index is 11.8. The van der Waals surface area contributed by atoms with Crippen LogP contribution >= 0.6 is 0 Å².